The maximum Gasteiger partial charge on any atom is 0.219 e. The summed E-state index contributed by atoms with van der Waals surface area (Å²) in [6, 6.07) is 13.4. The molecule has 2 aromatic heterocycles. The number of nitrogens with one attached hydrogen (secondary N) is 1. The normalized spacial score (nSPS) is 14.0. The Morgan fingerprint density at radius 3 is 2.88 bits per heavy atom. The number of benzene rings is 1. The fraction of sp³-hybridized carbons (Fsp3) is 0.304. The molecule has 9 heteroatoms. The van der Waals surface area contributed by atoms with Crippen molar-refractivity contribution in [3.63, 3.8) is 0 Å². The Kier molecular flexibility index (Phi) is 7.08. The Labute approximate surface area is 187 Å². The summed E-state index contributed by atoms with van der Waals surface area (Å²) in [5, 5.41) is 4.28. The van der Waals surface area contributed by atoms with E-state index in [0.717, 1.165) is 35.9 Å². The number of ether oxygens (including phenoxy) is 2. The van der Waals surface area contributed by atoms with E-state index in [2.05, 4.69) is 30.4 Å². The van der Waals surface area contributed by atoms with Gasteiger partial charge in [0.25, 0.3) is 0 Å². The molecule has 1 aliphatic rings. The van der Waals surface area contributed by atoms with Crippen molar-refractivity contribution >= 4 is 23.4 Å². The molecule has 0 spiro atoms. The van der Waals surface area contributed by atoms with Gasteiger partial charge in [0.1, 0.15) is 5.82 Å². The van der Waals surface area contributed by atoms with Gasteiger partial charge in [0.05, 0.1) is 37.4 Å². The maximum absolute atomic E-state index is 6.01. The van der Waals surface area contributed by atoms with Crippen molar-refractivity contribution < 1.29 is 9.47 Å². The van der Waals surface area contributed by atoms with Crippen LogP contribution in [0.3, 0.4) is 0 Å². The number of hydrazone groups is 1. The second kappa shape index (κ2) is 10.5. The molecular weight excluding hydrogens is 406 g/mol. The summed E-state index contributed by atoms with van der Waals surface area (Å²) in [6.45, 7) is 5.32. The third kappa shape index (κ3) is 5.92. The molecule has 0 atom stereocenters. The zero-order valence-electron chi connectivity index (χ0n) is 18.1. The molecule has 32 heavy (non-hydrogen) atoms. The van der Waals surface area contributed by atoms with Crippen molar-refractivity contribution in [2.75, 3.05) is 49.0 Å². The number of hydrogen-bond acceptors (Lipinski definition) is 9. The molecular formula is C23H27N7O2. The zero-order valence-corrected chi connectivity index (χ0v) is 18.1. The highest BCUT2D eigenvalue weighted by Crippen LogP contribution is 2.20. The molecule has 0 unspecified atom stereocenters. The van der Waals surface area contributed by atoms with Crippen LogP contribution in [0.5, 0.6) is 5.88 Å². The lowest BCUT2D eigenvalue weighted by Crippen LogP contribution is -2.37. The van der Waals surface area contributed by atoms with Gasteiger partial charge in [-0.25, -0.2) is 4.98 Å². The highest BCUT2D eigenvalue weighted by molar-refractivity contribution is 5.77. The minimum Gasteiger partial charge on any atom is -0.477 e. The van der Waals surface area contributed by atoms with Gasteiger partial charge in [0.15, 0.2) is 5.82 Å². The number of rotatable bonds is 8. The Morgan fingerprint density at radius 2 is 2.06 bits per heavy atom. The first-order valence-electron chi connectivity index (χ1n) is 10.6. The van der Waals surface area contributed by atoms with Gasteiger partial charge in [0, 0.05) is 37.5 Å². The van der Waals surface area contributed by atoms with Crippen molar-refractivity contribution in [3.05, 3.63) is 65.7 Å². The summed E-state index contributed by atoms with van der Waals surface area (Å²) in [5.74, 6) is 1.72. The summed E-state index contributed by atoms with van der Waals surface area (Å²) in [4.78, 5) is 15.6. The van der Waals surface area contributed by atoms with Crippen LogP contribution in [0.25, 0.3) is 0 Å². The van der Waals surface area contributed by atoms with E-state index in [1.165, 1.54) is 0 Å². The van der Waals surface area contributed by atoms with Crippen LogP contribution in [0.4, 0.5) is 17.2 Å². The first-order valence-corrected chi connectivity index (χ1v) is 10.6. The molecule has 0 radical (unpaired) electrons. The molecule has 3 N–H and O–H groups in total. The van der Waals surface area contributed by atoms with Crippen LogP contribution in [0.2, 0.25) is 0 Å². The zero-order chi connectivity index (χ0) is 22.2. The van der Waals surface area contributed by atoms with Gasteiger partial charge in [-0.15, -0.1) is 0 Å². The molecule has 0 bridgehead atoms. The molecule has 1 fully saturated rings. The Morgan fingerprint density at radius 1 is 1.19 bits per heavy atom. The van der Waals surface area contributed by atoms with Gasteiger partial charge in [-0.2, -0.15) is 10.1 Å². The molecule has 3 heterocycles. The van der Waals surface area contributed by atoms with E-state index in [9.17, 15) is 0 Å². The van der Waals surface area contributed by atoms with E-state index in [4.69, 9.17) is 15.2 Å². The van der Waals surface area contributed by atoms with E-state index in [0.29, 0.717) is 43.6 Å². The van der Waals surface area contributed by atoms with Gasteiger partial charge < -0.3 is 20.1 Å². The molecule has 166 valence electrons. The minimum absolute atomic E-state index is 0.445. The van der Waals surface area contributed by atoms with Crippen molar-refractivity contribution in [2.24, 2.45) is 5.10 Å². The monoisotopic (exact) mass is 433 g/mol. The lowest BCUT2D eigenvalue weighted by atomic mass is 10.2. The number of nitrogens with zero attached hydrogens (tertiary/aromatic N) is 5. The molecule has 1 aliphatic heterocycles. The highest BCUT2D eigenvalue weighted by Gasteiger charge is 2.15. The van der Waals surface area contributed by atoms with Crippen LogP contribution in [-0.4, -0.2) is 54.1 Å². The lowest BCUT2D eigenvalue weighted by Gasteiger charge is -2.28. The lowest BCUT2D eigenvalue weighted by molar-refractivity contribution is 0.122. The first kappa shape index (κ1) is 21.5. The molecule has 0 aliphatic carbocycles. The van der Waals surface area contributed by atoms with E-state index in [-0.39, 0.29) is 0 Å². The third-order valence-electron chi connectivity index (χ3n) is 4.95. The number of anilines is 3. The average molecular weight is 434 g/mol. The van der Waals surface area contributed by atoms with E-state index >= 15 is 0 Å². The maximum atomic E-state index is 6.01. The van der Waals surface area contributed by atoms with Crippen LogP contribution < -0.4 is 20.8 Å². The molecule has 1 aromatic carbocycles. The van der Waals surface area contributed by atoms with E-state index in [1.807, 2.05) is 49.4 Å². The predicted molar refractivity (Wildman–Crippen MR) is 125 cm³/mol. The van der Waals surface area contributed by atoms with Gasteiger partial charge >= 0.3 is 0 Å². The smallest absolute Gasteiger partial charge is 0.219 e. The van der Waals surface area contributed by atoms with Crippen LogP contribution in [0, 0.1) is 6.92 Å². The number of morpholine rings is 1. The van der Waals surface area contributed by atoms with Gasteiger partial charge in [-0.05, 0) is 36.8 Å². The largest absolute Gasteiger partial charge is 0.477 e. The van der Waals surface area contributed by atoms with Gasteiger partial charge in [-0.1, -0.05) is 12.1 Å². The predicted octanol–water partition coefficient (Wildman–Crippen LogP) is 2.67. The quantitative estimate of drug-likeness (QED) is 0.317. The second-order valence-corrected chi connectivity index (χ2v) is 7.40. The molecule has 0 saturated carbocycles. The molecule has 1 saturated heterocycles. The fourth-order valence-electron chi connectivity index (χ4n) is 3.25. The Balaban J connectivity index is 1.49. The topological polar surface area (TPSA) is 111 Å². The molecule has 4 rings (SSSR count). The molecule has 3 aromatic rings. The summed E-state index contributed by atoms with van der Waals surface area (Å²) < 4.78 is 11.4. The summed E-state index contributed by atoms with van der Waals surface area (Å²) in [5.41, 5.74) is 12.4. The standard InChI is InChI=1S/C23H27N7O2/c1-17-5-6-19(24)20(14-17)29-26-16-21-27-22(30-9-12-31-13-10-30)15-23(28-21)32-11-7-18-4-2-3-8-25-18/h2-6,8,14-16,29H,7,9-13,24H2,1H3. The van der Waals surface area contributed by atoms with Crippen LogP contribution in [0.1, 0.15) is 17.1 Å². The fourth-order valence-corrected chi connectivity index (χ4v) is 3.25. The van der Waals surface area contributed by atoms with Crippen molar-refractivity contribution in [1.29, 1.82) is 0 Å². The van der Waals surface area contributed by atoms with Gasteiger partial charge in [0.2, 0.25) is 5.88 Å². The minimum atomic E-state index is 0.445. The van der Waals surface area contributed by atoms with Crippen LogP contribution in [0.15, 0.2) is 53.8 Å². The SMILES string of the molecule is Cc1ccc(N)c(NN=Cc2nc(OCCc3ccccn3)cc(N3CCOCC3)n2)c1. The highest BCUT2D eigenvalue weighted by atomic mass is 16.5. The Hall–Kier alpha value is -3.72. The third-order valence-corrected chi connectivity index (χ3v) is 4.95. The van der Waals surface area contributed by atoms with E-state index in [1.54, 1.807) is 12.4 Å². The van der Waals surface area contributed by atoms with Crippen molar-refractivity contribution in [3.8, 4) is 5.88 Å². The Bertz CT molecular complexity index is 1050. The van der Waals surface area contributed by atoms with Crippen LogP contribution in [-0.2, 0) is 11.2 Å². The van der Waals surface area contributed by atoms with E-state index < -0.39 is 0 Å². The number of nitrogens with two attached hydrogens (primary N) is 1. The van der Waals surface area contributed by atoms with Crippen LogP contribution >= 0.6 is 0 Å². The number of aryl methyl sites for hydroxylation is 1. The number of nitrogen functional groups attached to an aromatic ring is 1. The van der Waals surface area contributed by atoms with Crippen molar-refractivity contribution in [2.45, 2.75) is 13.3 Å². The van der Waals surface area contributed by atoms with Crippen molar-refractivity contribution in [1.82, 2.24) is 15.0 Å². The average Bonchev–Trinajstić information content (AvgIpc) is 2.82. The summed E-state index contributed by atoms with van der Waals surface area (Å²) in [7, 11) is 0. The number of aromatic nitrogens is 3. The molecule has 0 amide bonds. The summed E-state index contributed by atoms with van der Waals surface area (Å²) in [6.07, 6.45) is 4.03. The molecule has 9 nitrogen and oxygen atoms in total. The second-order valence-electron chi connectivity index (χ2n) is 7.40. The summed E-state index contributed by atoms with van der Waals surface area (Å²) >= 11 is 0. The van der Waals surface area contributed by atoms with Gasteiger partial charge in [-0.3, -0.25) is 10.4 Å². The number of hydrogen-bond donors (Lipinski definition) is 2. The first-order chi connectivity index (χ1) is 15.7. The number of pyridine rings is 1.